The Hall–Kier alpha value is -2.37. The predicted molar refractivity (Wildman–Crippen MR) is 62.1 cm³/mol. The highest BCUT2D eigenvalue weighted by molar-refractivity contribution is 5.84. The minimum Gasteiger partial charge on any atom is -0.508 e. The molecule has 6 heteroatoms. The molecular formula is C12H12N2O4. The minimum absolute atomic E-state index is 0.128. The Morgan fingerprint density at radius 2 is 2.22 bits per heavy atom. The third kappa shape index (κ3) is 2.17. The first-order chi connectivity index (χ1) is 8.63. The zero-order chi connectivity index (χ0) is 13.1. The van der Waals surface area contributed by atoms with Crippen LogP contribution in [-0.4, -0.2) is 27.9 Å². The molecule has 2 aromatic rings. The lowest BCUT2D eigenvalue weighted by Gasteiger charge is -2.02. The third-order valence-electron chi connectivity index (χ3n) is 2.41. The Morgan fingerprint density at radius 1 is 1.44 bits per heavy atom. The van der Waals surface area contributed by atoms with Crippen LogP contribution in [-0.2, 0) is 4.74 Å². The maximum Gasteiger partial charge on any atom is 0.396 e. The Labute approximate surface area is 103 Å². The van der Waals surface area contributed by atoms with E-state index in [1.54, 1.807) is 32.0 Å². The average molecular weight is 248 g/mol. The summed E-state index contributed by atoms with van der Waals surface area (Å²) in [5, 5.41) is 17.0. The summed E-state index contributed by atoms with van der Waals surface area (Å²) < 4.78 is 9.96. The number of benzene rings is 1. The molecule has 94 valence electrons. The molecule has 0 radical (unpaired) electrons. The van der Waals surface area contributed by atoms with E-state index >= 15 is 0 Å². The van der Waals surface area contributed by atoms with E-state index < -0.39 is 5.97 Å². The number of carbonyl (C=O) groups is 1. The fourth-order valence-electron chi connectivity index (χ4n) is 1.46. The van der Waals surface area contributed by atoms with E-state index in [4.69, 9.17) is 9.15 Å². The zero-order valence-corrected chi connectivity index (χ0v) is 10.0. The van der Waals surface area contributed by atoms with Gasteiger partial charge in [0.1, 0.15) is 5.75 Å². The Morgan fingerprint density at radius 3 is 2.94 bits per heavy atom. The fraction of sp³-hybridized carbons (Fsp3) is 0.250. The van der Waals surface area contributed by atoms with Gasteiger partial charge in [-0.1, -0.05) is 6.07 Å². The number of phenols is 1. The van der Waals surface area contributed by atoms with Gasteiger partial charge in [-0.3, -0.25) is 0 Å². The van der Waals surface area contributed by atoms with Crippen molar-refractivity contribution in [1.29, 1.82) is 0 Å². The second kappa shape index (κ2) is 4.87. The largest absolute Gasteiger partial charge is 0.508 e. The summed E-state index contributed by atoms with van der Waals surface area (Å²) in [5.74, 6) is -0.557. The highest BCUT2D eigenvalue weighted by atomic mass is 16.5. The average Bonchev–Trinajstić information content (AvgIpc) is 2.82. The van der Waals surface area contributed by atoms with Gasteiger partial charge in [0.15, 0.2) is 0 Å². The van der Waals surface area contributed by atoms with E-state index in [1.165, 1.54) is 0 Å². The van der Waals surface area contributed by atoms with E-state index in [0.717, 1.165) is 0 Å². The van der Waals surface area contributed by atoms with Crippen molar-refractivity contribution in [3.63, 3.8) is 0 Å². The van der Waals surface area contributed by atoms with E-state index in [2.05, 4.69) is 10.2 Å². The smallest absolute Gasteiger partial charge is 0.396 e. The lowest BCUT2D eigenvalue weighted by Crippen LogP contribution is -2.04. The van der Waals surface area contributed by atoms with Gasteiger partial charge in [0.2, 0.25) is 5.89 Å². The molecule has 0 aliphatic heterocycles. The number of hydrogen-bond donors (Lipinski definition) is 1. The molecule has 0 unspecified atom stereocenters. The summed E-state index contributed by atoms with van der Waals surface area (Å²) >= 11 is 0. The quantitative estimate of drug-likeness (QED) is 0.835. The summed E-state index contributed by atoms with van der Waals surface area (Å²) in [4.78, 5) is 11.4. The van der Waals surface area contributed by atoms with Gasteiger partial charge < -0.3 is 14.3 Å². The molecule has 0 saturated heterocycles. The molecule has 0 fully saturated rings. The first kappa shape index (κ1) is 12.1. The van der Waals surface area contributed by atoms with Crippen LogP contribution in [0.3, 0.4) is 0 Å². The van der Waals surface area contributed by atoms with Crippen molar-refractivity contribution in [2.45, 2.75) is 13.8 Å². The lowest BCUT2D eigenvalue weighted by atomic mass is 10.1. The van der Waals surface area contributed by atoms with Crippen molar-refractivity contribution in [3.05, 3.63) is 29.7 Å². The Kier molecular flexibility index (Phi) is 3.27. The monoisotopic (exact) mass is 248 g/mol. The van der Waals surface area contributed by atoms with Crippen LogP contribution in [0.15, 0.2) is 22.6 Å². The number of esters is 1. The minimum atomic E-state index is -0.658. The van der Waals surface area contributed by atoms with Gasteiger partial charge in [-0.25, -0.2) is 4.79 Å². The van der Waals surface area contributed by atoms with E-state index in [0.29, 0.717) is 11.1 Å². The highest BCUT2D eigenvalue weighted by Crippen LogP contribution is 2.28. The van der Waals surface area contributed by atoms with Crippen LogP contribution < -0.4 is 0 Å². The fourth-order valence-corrected chi connectivity index (χ4v) is 1.46. The third-order valence-corrected chi connectivity index (χ3v) is 2.41. The van der Waals surface area contributed by atoms with Crippen LogP contribution in [0.5, 0.6) is 5.75 Å². The number of aromatic hydroxyl groups is 1. The van der Waals surface area contributed by atoms with E-state index in [9.17, 15) is 9.90 Å². The topological polar surface area (TPSA) is 85.5 Å². The lowest BCUT2D eigenvalue weighted by molar-refractivity contribution is 0.0481. The number of rotatable bonds is 3. The van der Waals surface area contributed by atoms with Gasteiger partial charge in [0.25, 0.3) is 0 Å². The van der Waals surface area contributed by atoms with Crippen LogP contribution in [0.1, 0.15) is 23.2 Å². The van der Waals surface area contributed by atoms with Crippen LogP contribution in [0, 0.1) is 6.92 Å². The first-order valence-corrected chi connectivity index (χ1v) is 5.43. The van der Waals surface area contributed by atoms with Crippen molar-refractivity contribution >= 4 is 5.97 Å². The number of nitrogens with zero attached hydrogens (tertiary/aromatic N) is 2. The van der Waals surface area contributed by atoms with Gasteiger partial charge in [0, 0.05) is 11.1 Å². The Bertz CT molecular complexity index is 577. The van der Waals surface area contributed by atoms with Gasteiger partial charge in [0.05, 0.1) is 6.61 Å². The standard InChI is InChI=1S/C12H12N2O4/c1-3-17-12(16)11-14-13-10(18-11)8-5-4-6-9(15)7(8)2/h4-6,15H,3H2,1-2H3. The molecule has 0 bridgehead atoms. The number of carbonyl (C=O) groups excluding carboxylic acids is 1. The summed E-state index contributed by atoms with van der Waals surface area (Å²) in [6.07, 6.45) is 0. The number of aromatic nitrogens is 2. The van der Waals surface area contributed by atoms with E-state index in [-0.39, 0.29) is 24.1 Å². The maximum absolute atomic E-state index is 11.4. The SMILES string of the molecule is CCOC(=O)c1nnc(-c2cccc(O)c2C)o1. The van der Waals surface area contributed by atoms with Crippen molar-refractivity contribution in [2.24, 2.45) is 0 Å². The van der Waals surface area contributed by atoms with Crippen molar-refractivity contribution in [3.8, 4) is 17.2 Å². The highest BCUT2D eigenvalue weighted by Gasteiger charge is 2.18. The second-order valence-corrected chi connectivity index (χ2v) is 3.58. The summed E-state index contributed by atoms with van der Waals surface area (Å²) in [6.45, 7) is 3.65. The molecule has 18 heavy (non-hydrogen) atoms. The number of phenolic OH excluding ortho intramolecular Hbond substituents is 1. The molecule has 1 aromatic heterocycles. The molecule has 6 nitrogen and oxygen atoms in total. The van der Waals surface area contributed by atoms with Crippen molar-refractivity contribution in [1.82, 2.24) is 10.2 Å². The molecule has 0 aliphatic rings. The Balaban J connectivity index is 2.35. The zero-order valence-electron chi connectivity index (χ0n) is 10.0. The van der Waals surface area contributed by atoms with Crippen LogP contribution in [0.2, 0.25) is 0 Å². The van der Waals surface area contributed by atoms with Crippen LogP contribution in [0.25, 0.3) is 11.5 Å². The van der Waals surface area contributed by atoms with Gasteiger partial charge in [-0.15, -0.1) is 10.2 Å². The molecule has 0 saturated carbocycles. The van der Waals surface area contributed by atoms with Crippen molar-refractivity contribution < 1.29 is 19.1 Å². The first-order valence-electron chi connectivity index (χ1n) is 5.43. The molecule has 0 atom stereocenters. The molecule has 1 aromatic carbocycles. The van der Waals surface area contributed by atoms with Crippen LogP contribution in [0.4, 0.5) is 0 Å². The molecule has 1 N–H and O–H groups in total. The molecule has 0 spiro atoms. The number of ether oxygens (including phenoxy) is 1. The van der Waals surface area contributed by atoms with Gasteiger partial charge >= 0.3 is 11.9 Å². The van der Waals surface area contributed by atoms with Crippen LogP contribution >= 0.6 is 0 Å². The van der Waals surface area contributed by atoms with E-state index in [1.807, 2.05) is 0 Å². The summed E-state index contributed by atoms with van der Waals surface area (Å²) in [7, 11) is 0. The normalized spacial score (nSPS) is 10.3. The van der Waals surface area contributed by atoms with Gasteiger partial charge in [-0.05, 0) is 26.0 Å². The van der Waals surface area contributed by atoms with Crippen molar-refractivity contribution in [2.75, 3.05) is 6.61 Å². The molecular weight excluding hydrogens is 236 g/mol. The molecule has 0 aliphatic carbocycles. The molecule has 0 amide bonds. The molecule has 1 heterocycles. The summed E-state index contributed by atoms with van der Waals surface area (Å²) in [5.41, 5.74) is 1.19. The predicted octanol–water partition coefficient (Wildman–Crippen LogP) is 1.93. The second-order valence-electron chi connectivity index (χ2n) is 3.58. The van der Waals surface area contributed by atoms with Gasteiger partial charge in [-0.2, -0.15) is 0 Å². The number of hydrogen-bond acceptors (Lipinski definition) is 6. The summed E-state index contributed by atoms with van der Waals surface area (Å²) in [6, 6.07) is 4.94. The molecule has 2 rings (SSSR count). The maximum atomic E-state index is 11.4.